The molecular formula is C21H29FN8. The molecule has 1 fully saturated rings. The zero-order chi connectivity index (χ0) is 21.7. The molecule has 1 atom stereocenters. The molecule has 0 bridgehead atoms. The smallest absolute Gasteiger partial charge is 0.181 e. The standard InChI is InChI=1S/C21H29FN8/c1-14(2)9-16-10-18(22)20(21(23)27-28-24)19(11-16)30-8-7-29(15(3)12-30)13-17-5-4-6-25-26-17/h4-6,10-11,14-15H,7-9,12-13H2,1-3H3,(H3,23,24,27). The first-order valence-corrected chi connectivity index (χ1v) is 10.2. The molecule has 2 aromatic rings. The number of nitrogens with zero attached hydrogens (tertiary/aromatic N) is 6. The highest BCUT2D eigenvalue weighted by Crippen LogP contribution is 2.30. The molecule has 0 radical (unpaired) electrons. The monoisotopic (exact) mass is 412 g/mol. The summed E-state index contributed by atoms with van der Waals surface area (Å²) in [6.07, 6.45) is 2.43. The SMILES string of the molecule is CC(C)Cc1cc(F)c(C(=N)N=NN)c(N2CCN(Cc3cccnn3)C(C)C2)c1. The van der Waals surface area contributed by atoms with Crippen LogP contribution in [0.25, 0.3) is 0 Å². The van der Waals surface area contributed by atoms with Crippen molar-refractivity contribution in [2.45, 2.75) is 39.8 Å². The Kier molecular flexibility index (Phi) is 7.04. The lowest BCUT2D eigenvalue weighted by molar-refractivity contribution is 0.178. The Morgan fingerprint density at radius 2 is 2.17 bits per heavy atom. The Hall–Kier alpha value is -2.94. The quantitative estimate of drug-likeness (QED) is 0.249. The van der Waals surface area contributed by atoms with Gasteiger partial charge in [0.15, 0.2) is 5.84 Å². The number of hydrogen-bond donors (Lipinski definition) is 2. The molecule has 8 nitrogen and oxygen atoms in total. The number of piperazine rings is 1. The molecule has 1 aliphatic heterocycles. The summed E-state index contributed by atoms with van der Waals surface area (Å²) in [7, 11) is 0. The molecule has 0 saturated carbocycles. The minimum atomic E-state index is -0.463. The highest BCUT2D eigenvalue weighted by atomic mass is 19.1. The van der Waals surface area contributed by atoms with E-state index in [0.29, 0.717) is 31.2 Å². The van der Waals surface area contributed by atoms with E-state index in [1.165, 1.54) is 6.07 Å². The number of anilines is 1. The van der Waals surface area contributed by atoms with Gasteiger partial charge in [-0.25, -0.2) is 4.39 Å². The van der Waals surface area contributed by atoms with Crippen LogP contribution in [0.15, 0.2) is 40.8 Å². The number of nitrogens with two attached hydrogens (primary N) is 1. The van der Waals surface area contributed by atoms with E-state index in [1.807, 2.05) is 18.2 Å². The topological polar surface area (TPSA) is 107 Å². The van der Waals surface area contributed by atoms with Crippen molar-refractivity contribution in [3.8, 4) is 0 Å². The van der Waals surface area contributed by atoms with Crippen LogP contribution >= 0.6 is 0 Å². The molecule has 3 N–H and O–H groups in total. The molecule has 0 aliphatic carbocycles. The summed E-state index contributed by atoms with van der Waals surface area (Å²) in [5, 5.41) is 23.0. The fourth-order valence-electron chi connectivity index (χ4n) is 3.90. The van der Waals surface area contributed by atoms with Gasteiger partial charge in [-0.15, -0.1) is 5.11 Å². The maximum absolute atomic E-state index is 15.0. The van der Waals surface area contributed by atoms with Crippen molar-refractivity contribution in [2.75, 3.05) is 24.5 Å². The number of amidine groups is 1. The predicted octanol–water partition coefficient (Wildman–Crippen LogP) is 3.18. The Morgan fingerprint density at radius 1 is 1.37 bits per heavy atom. The van der Waals surface area contributed by atoms with Gasteiger partial charge in [0.05, 0.1) is 16.9 Å². The molecule has 1 aliphatic rings. The molecular weight excluding hydrogens is 383 g/mol. The Morgan fingerprint density at radius 3 is 2.80 bits per heavy atom. The van der Waals surface area contributed by atoms with Crippen LogP contribution < -0.4 is 10.7 Å². The molecule has 30 heavy (non-hydrogen) atoms. The van der Waals surface area contributed by atoms with Gasteiger partial charge in [0.25, 0.3) is 0 Å². The Balaban J connectivity index is 1.86. The first kappa shape index (κ1) is 21.8. The number of benzene rings is 1. The summed E-state index contributed by atoms with van der Waals surface area (Å²) in [4.78, 5) is 4.46. The minimum absolute atomic E-state index is 0.145. The second kappa shape index (κ2) is 9.71. The van der Waals surface area contributed by atoms with Crippen molar-refractivity contribution in [2.24, 2.45) is 22.1 Å². The molecule has 3 rings (SSSR count). The van der Waals surface area contributed by atoms with Crippen molar-refractivity contribution in [3.63, 3.8) is 0 Å². The van der Waals surface area contributed by atoms with Crippen LogP contribution in [0.5, 0.6) is 0 Å². The van der Waals surface area contributed by atoms with Gasteiger partial charge >= 0.3 is 0 Å². The average molecular weight is 413 g/mol. The summed E-state index contributed by atoms with van der Waals surface area (Å²) in [5.74, 6) is 4.79. The van der Waals surface area contributed by atoms with Crippen LogP contribution in [-0.2, 0) is 13.0 Å². The lowest BCUT2D eigenvalue weighted by atomic mass is 9.98. The van der Waals surface area contributed by atoms with Gasteiger partial charge in [-0.1, -0.05) is 19.1 Å². The number of rotatable bonds is 6. The van der Waals surface area contributed by atoms with Gasteiger partial charge in [-0.05, 0) is 49.1 Å². The van der Waals surface area contributed by atoms with E-state index in [4.69, 9.17) is 11.3 Å². The van der Waals surface area contributed by atoms with Crippen molar-refractivity contribution < 1.29 is 4.39 Å². The maximum atomic E-state index is 15.0. The van der Waals surface area contributed by atoms with Crippen LogP contribution in [0.2, 0.25) is 0 Å². The van der Waals surface area contributed by atoms with Gasteiger partial charge in [0.2, 0.25) is 0 Å². The molecule has 9 heteroatoms. The average Bonchev–Trinajstić information content (AvgIpc) is 2.69. The molecule has 2 heterocycles. The lowest BCUT2D eigenvalue weighted by Gasteiger charge is -2.41. The molecule has 1 unspecified atom stereocenters. The Bertz CT molecular complexity index is 899. The normalized spacial score (nSPS) is 17.8. The summed E-state index contributed by atoms with van der Waals surface area (Å²) >= 11 is 0. The van der Waals surface area contributed by atoms with Crippen LogP contribution in [-0.4, -0.2) is 46.6 Å². The Labute approximate surface area is 176 Å². The van der Waals surface area contributed by atoms with Crippen molar-refractivity contribution in [1.82, 2.24) is 15.1 Å². The number of aromatic nitrogens is 2. The zero-order valence-electron chi connectivity index (χ0n) is 17.7. The predicted molar refractivity (Wildman–Crippen MR) is 115 cm³/mol. The van der Waals surface area contributed by atoms with Crippen molar-refractivity contribution in [3.05, 3.63) is 53.1 Å². The fourth-order valence-corrected chi connectivity index (χ4v) is 3.90. The first-order chi connectivity index (χ1) is 14.4. The lowest BCUT2D eigenvalue weighted by Crippen LogP contribution is -2.52. The molecule has 1 aromatic carbocycles. The van der Waals surface area contributed by atoms with Gasteiger partial charge in [-0.3, -0.25) is 10.3 Å². The third-order valence-electron chi connectivity index (χ3n) is 5.27. The fraction of sp³-hybridized carbons (Fsp3) is 0.476. The first-order valence-electron chi connectivity index (χ1n) is 10.2. The van der Waals surface area contributed by atoms with Crippen LogP contribution in [0.1, 0.15) is 37.6 Å². The van der Waals surface area contributed by atoms with Gasteiger partial charge in [0.1, 0.15) is 5.82 Å². The summed E-state index contributed by atoms with van der Waals surface area (Å²) < 4.78 is 15.0. The van der Waals surface area contributed by atoms with E-state index in [0.717, 1.165) is 24.2 Å². The van der Waals surface area contributed by atoms with Crippen LogP contribution in [0.4, 0.5) is 10.1 Å². The van der Waals surface area contributed by atoms with E-state index < -0.39 is 5.82 Å². The molecule has 1 aromatic heterocycles. The second-order valence-corrected chi connectivity index (χ2v) is 8.11. The highest BCUT2D eigenvalue weighted by Gasteiger charge is 2.28. The van der Waals surface area contributed by atoms with E-state index >= 15 is 4.39 Å². The number of hydrogen-bond acceptors (Lipinski definition) is 6. The highest BCUT2D eigenvalue weighted by molar-refractivity contribution is 6.02. The van der Waals surface area contributed by atoms with Crippen LogP contribution in [0.3, 0.4) is 0 Å². The van der Waals surface area contributed by atoms with Crippen molar-refractivity contribution >= 4 is 11.5 Å². The van der Waals surface area contributed by atoms with Gasteiger partial charge in [-0.2, -0.15) is 10.2 Å². The van der Waals surface area contributed by atoms with Gasteiger partial charge < -0.3 is 10.7 Å². The number of nitrogens with one attached hydrogen (secondary N) is 1. The van der Waals surface area contributed by atoms with E-state index in [1.54, 1.807) is 6.20 Å². The van der Waals surface area contributed by atoms with E-state index in [9.17, 15) is 0 Å². The number of halogens is 1. The summed E-state index contributed by atoms with van der Waals surface area (Å²) in [5.41, 5.74) is 2.65. The molecule has 0 spiro atoms. The van der Waals surface area contributed by atoms with Crippen LogP contribution in [0, 0.1) is 17.1 Å². The third kappa shape index (κ3) is 5.15. The van der Waals surface area contributed by atoms with E-state index in [2.05, 4.69) is 51.1 Å². The zero-order valence-corrected chi connectivity index (χ0v) is 17.7. The summed E-state index contributed by atoms with van der Waals surface area (Å²) in [6, 6.07) is 7.54. The molecule has 1 saturated heterocycles. The molecule has 0 amide bonds. The second-order valence-electron chi connectivity index (χ2n) is 8.11. The van der Waals surface area contributed by atoms with Gasteiger partial charge in [0, 0.05) is 38.4 Å². The van der Waals surface area contributed by atoms with E-state index in [-0.39, 0.29) is 17.4 Å². The summed E-state index contributed by atoms with van der Waals surface area (Å²) in [6.45, 7) is 9.25. The minimum Gasteiger partial charge on any atom is -0.368 e. The maximum Gasteiger partial charge on any atom is 0.181 e. The van der Waals surface area contributed by atoms with Crippen molar-refractivity contribution in [1.29, 1.82) is 5.41 Å². The molecule has 160 valence electrons. The largest absolute Gasteiger partial charge is 0.368 e. The third-order valence-corrected chi connectivity index (χ3v) is 5.27.